The molecule has 1 aliphatic heterocycles. The average molecular weight is 295 g/mol. The van der Waals surface area contributed by atoms with E-state index in [9.17, 15) is 0 Å². The molecule has 4 rings (SSSR count). The van der Waals surface area contributed by atoms with Gasteiger partial charge in [-0.2, -0.15) is 0 Å². The fraction of sp³-hybridized carbons (Fsp3) is 0.526. The lowest BCUT2D eigenvalue weighted by molar-refractivity contribution is 0.445. The molecule has 3 heteroatoms. The number of aromatic nitrogens is 1. The third-order valence-electron chi connectivity index (χ3n) is 4.92. The Kier molecular flexibility index (Phi) is 3.44. The van der Waals surface area contributed by atoms with Gasteiger partial charge in [-0.05, 0) is 44.6 Å². The van der Waals surface area contributed by atoms with Crippen LogP contribution < -0.4 is 10.2 Å². The second-order valence-electron chi connectivity index (χ2n) is 7.16. The van der Waals surface area contributed by atoms with Crippen molar-refractivity contribution in [3.63, 3.8) is 0 Å². The SMILES string of the molecule is Cc1ccc2c(NC3CC3)cnc(N3CCCC(C)C3)c2c1. The molecule has 1 aliphatic carbocycles. The Morgan fingerprint density at radius 1 is 1.18 bits per heavy atom. The summed E-state index contributed by atoms with van der Waals surface area (Å²) in [7, 11) is 0. The average Bonchev–Trinajstić information content (AvgIpc) is 3.31. The first kappa shape index (κ1) is 13.9. The molecular formula is C19H25N3. The van der Waals surface area contributed by atoms with E-state index in [1.807, 2.05) is 6.20 Å². The van der Waals surface area contributed by atoms with Crippen LogP contribution >= 0.6 is 0 Å². The first-order valence-electron chi connectivity index (χ1n) is 8.61. The normalized spacial score (nSPS) is 22.1. The summed E-state index contributed by atoms with van der Waals surface area (Å²) in [5.41, 5.74) is 2.51. The third kappa shape index (κ3) is 2.65. The van der Waals surface area contributed by atoms with E-state index in [1.54, 1.807) is 0 Å². The molecule has 2 heterocycles. The molecule has 116 valence electrons. The Balaban J connectivity index is 1.78. The second-order valence-corrected chi connectivity index (χ2v) is 7.16. The number of nitrogens with zero attached hydrogens (tertiary/aromatic N) is 2. The number of rotatable bonds is 3. The van der Waals surface area contributed by atoms with Gasteiger partial charge in [0.25, 0.3) is 0 Å². The minimum absolute atomic E-state index is 0.659. The van der Waals surface area contributed by atoms with E-state index < -0.39 is 0 Å². The summed E-state index contributed by atoms with van der Waals surface area (Å²) in [6, 6.07) is 7.43. The van der Waals surface area contributed by atoms with E-state index >= 15 is 0 Å². The van der Waals surface area contributed by atoms with Crippen molar-refractivity contribution in [1.82, 2.24) is 4.98 Å². The van der Waals surface area contributed by atoms with Crippen LogP contribution in [0.1, 0.15) is 38.2 Å². The number of anilines is 2. The number of fused-ring (bicyclic) bond motifs is 1. The quantitative estimate of drug-likeness (QED) is 0.912. The zero-order chi connectivity index (χ0) is 15.1. The largest absolute Gasteiger partial charge is 0.381 e. The van der Waals surface area contributed by atoms with Crippen molar-refractivity contribution in [3.05, 3.63) is 30.0 Å². The van der Waals surface area contributed by atoms with E-state index in [0.29, 0.717) is 6.04 Å². The van der Waals surface area contributed by atoms with E-state index in [2.05, 4.69) is 42.3 Å². The molecule has 0 bridgehead atoms. The summed E-state index contributed by atoms with van der Waals surface area (Å²) in [6.45, 7) is 6.78. The van der Waals surface area contributed by atoms with E-state index in [4.69, 9.17) is 4.98 Å². The summed E-state index contributed by atoms with van der Waals surface area (Å²) in [5, 5.41) is 6.26. The Morgan fingerprint density at radius 3 is 2.82 bits per heavy atom. The van der Waals surface area contributed by atoms with Gasteiger partial charge in [-0.1, -0.05) is 24.6 Å². The maximum absolute atomic E-state index is 4.85. The number of piperidine rings is 1. The number of pyridine rings is 1. The molecule has 0 amide bonds. The van der Waals surface area contributed by atoms with Gasteiger partial charge in [0.05, 0.1) is 11.9 Å². The summed E-state index contributed by atoms with van der Waals surface area (Å²) < 4.78 is 0. The number of hydrogen-bond donors (Lipinski definition) is 1. The van der Waals surface area contributed by atoms with Crippen LogP contribution in [0.25, 0.3) is 10.8 Å². The predicted molar refractivity (Wildman–Crippen MR) is 93.7 cm³/mol. The molecule has 22 heavy (non-hydrogen) atoms. The standard InChI is InChI=1S/C19H25N3/c1-13-5-8-16-17(10-13)19(22-9-3-4-14(2)12-22)20-11-18(16)21-15-6-7-15/h5,8,10-11,14-15,21H,3-4,6-7,9,12H2,1-2H3. The maximum Gasteiger partial charge on any atom is 0.136 e. The molecule has 2 fully saturated rings. The Morgan fingerprint density at radius 2 is 2.05 bits per heavy atom. The molecule has 2 aliphatic rings. The highest BCUT2D eigenvalue weighted by molar-refractivity contribution is 6.00. The summed E-state index contributed by atoms with van der Waals surface area (Å²) >= 11 is 0. The van der Waals surface area contributed by atoms with Crippen LogP contribution in [-0.2, 0) is 0 Å². The van der Waals surface area contributed by atoms with Gasteiger partial charge in [0.1, 0.15) is 5.82 Å². The first-order chi connectivity index (χ1) is 10.7. The van der Waals surface area contributed by atoms with Crippen molar-refractivity contribution >= 4 is 22.3 Å². The molecule has 1 unspecified atom stereocenters. The molecule has 3 nitrogen and oxygen atoms in total. The van der Waals surface area contributed by atoms with E-state index in [0.717, 1.165) is 19.0 Å². The molecule has 0 radical (unpaired) electrons. The summed E-state index contributed by atoms with van der Waals surface area (Å²) in [4.78, 5) is 7.33. The molecule has 0 spiro atoms. The van der Waals surface area contributed by atoms with Crippen LogP contribution in [0.4, 0.5) is 11.5 Å². The lowest BCUT2D eigenvalue weighted by atomic mass is 9.99. The van der Waals surface area contributed by atoms with Crippen LogP contribution in [0.15, 0.2) is 24.4 Å². The highest BCUT2D eigenvalue weighted by Gasteiger charge is 2.24. The first-order valence-corrected chi connectivity index (χ1v) is 8.61. The fourth-order valence-electron chi connectivity index (χ4n) is 3.54. The monoisotopic (exact) mass is 295 g/mol. The van der Waals surface area contributed by atoms with Crippen molar-refractivity contribution in [2.75, 3.05) is 23.3 Å². The van der Waals surface area contributed by atoms with Gasteiger partial charge in [0.15, 0.2) is 0 Å². The van der Waals surface area contributed by atoms with Crippen LogP contribution in [-0.4, -0.2) is 24.1 Å². The fourth-order valence-corrected chi connectivity index (χ4v) is 3.54. The van der Waals surface area contributed by atoms with Crippen molar-refractivity contribution < 1.29 is 0 Å². The highest BCUT2D eigenvalue weighted by Crippen LogP contribution is 2.35. The minimum Gasteiger partial charge on any atom is -0.381 e. The molecule has 2 aromatic rings. The molecule has 1 aromatic heterocycles. The van der Waals surface area contributed by atoms with Crippen molar-refractivity contribution in [2.45, 2.75) is 45.6 Å². The predicted octanol–water partition coefficient (Wildman–Crippen LogP) is 4.35. The van der Waals surface area contributed by atoms with E-state index in [-0.39, 0.29) is 0 Å². The van der Waals surface area contributed by atoms with Gasteiger partial charge < -0.3 is 10.2 Å². The Bertz CT molecular complexity index is 690. The van der Waals surface area contributed by atoms with Crippen LogP contribution in [0, 0.1) is 12.8 Å². The van der Waals surface area contributed by atoms with Gasteiger partial charge in [-0.3, -0.25) is 0 Å². The smallest absolute Gasteiger partial charge is 0.136 e. The number of aryl methyl sites for hydroxylation is 1. The lowest BCUT2D eigenvalue weighted by Crippen LogP contribution is -2.35. The molecular weight excluding hydrogens is 270 g/mol. The van der Waals surface area contributed by atoms with Crippen LogP contribution in [0.2, 0.25) is 0 Å². The highest BCUT2D eigenvalue weighted by atomic mass is 15.2. The molecule has 1 N–H and O–H groups in total. The zero-order valence-electron chi connectivity index (χ0n) is 13.6. The van der Waals surface area contributed by atoms with Crippen LogP contribution in [0.5, 0.6) is 0 Å². The van der Waals surface area contributed by atoms with Gasteiger partial charge in [-0.15, -0.1) is 0 Å². The van der Waals surface area contributed by atoms with Crippen molar-refractivity contribution in [3.8, 4) is 0 Å². The maximum atomic E-state index is 4.85. The van der Waals surface area contributed by atoms with Gasteiger partial charge in [0, 0.05) is 29.9 Å². The third-order valence-corrected chi connectivity index (χ3v) is 4.92. The van der Waals surface area contributed by atoms with Gasteiger partial charge >= 0.3 is 0 Å². The second kappa shape index (κ2) is 5.45. The zero-order valence-corrected chi connectivity index (χ0v) is 13.6. The van der Waals surface area contributed by atoms with Crippen molar-refractivity contribution in [2.24, 2.45) is 5.92 Å². The minimum atomic E-state index is 0.659. The molecule has 1 atom stereocenters. The van der Waals surface area contributed by atoms with E-state index in [1.165, 1.54) is 53.5 Å². The van der Waals surface area contributed by atoms with Crippen molar-refractivity contribution in [1.29, 1.82) is 0 Å². The number of hydrogen-bond acceptors (Lipinski definition) is 3. The summed E-state index contributed by atoms with van der Waals surface area (Å²) in [6.07, 6.45) is 7.25. The van der Waals surface area contributed by atoms with Gasteiger partial charge in [-0.25, -0.2) is 4.98 Å². The molecule has 1 aromatic carbocycles. The lowest BCUT2D eigenvalue weighted by Gasteiger charge is -2.33. The number of benzene rings is 1. The Labute approximate surface area is 132 Å². The summed E-state index contributed by atoms with van der Waals surface area (Å²) in [5.74, 6) is 1.94. The topological polar surface area (TPSA) is 28.2 Å². The number of nitrogens with one attached hydrogen (secondary N) is 1. The Hall–Kier alpha value is -1.77. The molecule has 1 saturated carbocycles. The molecule has 1 saturated heterocycles. The van der Waals surface area contributed by atoms with Crippen LogP contribution in [0.3, 0.4) is 0 Å². The van der Waals surface area contributed by atoms with Gasteiger partial charge in [0.2, 0.25) is 0 Å².